The predicted octanol–water partition coefficient (Wildman–Crippen LogP) is 0.411. The number of halogens is 1. The summed E-state index contributed by atoms with van der Waals surface area (Å²) in [4.78, 5) is 0. The average molecular weight is 108 g/mol. The maximum absolute atomic E-state index is 8.25. The molecule has 1 rings (SSSR count). The minimum absolute atomic E-state index is 0. The molecule has 0 saturated carbocycles. The van der Waals surface area contributed by atoms with Crippen LogP contribution in [0.2, 0.25) is 0 Å². The van der Waals surface area contributed by atoms with Gasteiger partial charge in [0.2, 0.25) is 0 Å². The van der Waals surface area contributed by atoms with Crippen LogP contribution in [0.1, 0.15) is 0 Å². The number of rotatable bonds is 0. The lowest BCUT2D eigenvalue weighted by Crippen LogP contribution is -2.20. The second kappa shape index (κ2) is 1.92. The van der Waals surface area contributed by atoms with E-state index in [0.717, 1.165) is 0 Å². The highest BCUT2D eigenvalue weighted by molar-refractivity contribution is 5.85. The fraction of sp³-hybridized carbons (Fsp3) is 0.333. The number of nitrogens with one attached hydrogen (secondary N) is 1. The highest BCUT2D eigenvalue weighted by Gasteiger charge is 1.96. The van der Waals surface area contributed by atoms with Crippen LogP contribution in [0.3, 0.4) is 0 Å². The van der Waals surface area contributed by atoms with Gasteiger partial charge in [-0.15, -0.1) is 12.4 Å². The summed E-state index contributed by atoms with van der Waals surface area (Å²) in [6, 6.07) is 0. The van der Waals surface area contributed by atoms with E-state index in [1.807, 2.05) is 0 Å². The van der Waals surface area contributed by atoms with Crippen LogP contribution in [-0.4, -0.2) is 11.7 Å². The Bertz CT molecular complexity index is 71.2. The summed E-state index contributed by atoms with van der Waals surface area (Å²) in [5.74, 6) is 0.449. The van der Waals surface area contributed by atoms with Crippen molar-refractivity contribution in [2.75, 3.05) is 6.54 Å². The van der Waals surface area contributed by atoms with Crippen molar-refractivity contribution in [2.45, 2.75) is 0 Å². The maximum atomic E-state index is 8.25. The molecule has 6 heavy (non-hydrogen) atoms. The third-order valence-electron chi connectivity index (χ3n) is 0.552. The van der Waals surface area contributed by atoms with Crippen LogP contribution in [0.15, 0.2) is 12.0 Å². The molecule has 0 saturated heterocycles. The second-order valence-electron chi connectivity index (χ2n) is 1.02. The van der Waals surface area contributed by atoms with E-state index in [-0.39, 0.29) is 12.4 Å². The van der Waals surface area contributed by atoms with Crippen molar-refractivity contribution in [3.05, 3.63) is 12.0 Å². The monoisotopic (exact) mass is 107 g/mol. The minimum Gasteiger partial charge on any atom is -0.509 e. The van der Waals surface area contributed by atoms with E-state index < -0.39 is 0 Å². The van der Waals surface area contributed by atoms with Crippen molar-refractivity contribution in [3.63, 3.8) is 0 Å². The van der Waals surface area contributed by atoms with Crippen LogP contribution < -0.4 is 5.32 Å². The molecular formula is C3H6ClNO. The SMILES string of the molecule is Cl.OC1=CNC1. The summed E-state index contributed by atoms with van der Waals surface area (Å²) in [6.45, 7) is 0.653. The molecule has 1 aliphatic rings. The lowest BCUT2D eigenvalue weighted by Gasteiger charge is -2.07. The minimum atomic E-state index is 0. The van der Waals surface area contributed by atoms with Gasteiger partial charge in [-0.05, 0) is 0 Å². The lowest BCUT2D eigenvalue weighted by atomic mass is 10.4. The molecule has 0 aliphatic carbocycles. The number of hydrogen-bond donors (Lipinski definition) is 2. The molecule has 0 bridgehead atoms. The van der Waals surface area contributed by atoms with Crippen molar-refractivity contribution in [2.24, 2.45) is 0 Å². The van der Waals surface area contributed by atoms with Gasteiger partial charge in [0.05, 0.1) is 6.54 Å². The summed E-state index contributed by atoms with van der Waals surface area (Å²) in [5, 5.41) is 11.0. The van der Waals surface area contributed by atoms with Gasteiger partial charge in [0, 0.05) is 6.20 Å². The van der Waals surface area contributed by atoms with Gasteiger partial charge < -0.3 is 10.4 Å². The highest BCUT2D eigenvalue weighted by atomic mass is 35.5. The van der Waals surface area contributed by atoms with Gasteiger partial charge in [0.15, 0.2) is 0 Å². The first-order valence-corrected chi connectivity index (χ1v) is 1.51. The van der Waals surface area contributed by atoms with Crippen LogP contribution in [0, 0.1) is 0 Å². The largest absolute Gasteiger partial charge is 0.509 e. The van der Waals surface area contributed by atoms with Gasteiger partial charge in [-0.3, -0.25) is 0 Å². The molecule has 0 amide bonds. The second-order valence-corrected chi connectivity index (χ2v) is 1.02. The molecular weight excluding hydrogens is 101 g/mol. The Morgan fingerprint density at radius 2 is 2.17 bits per heavy atom. The standard InChI is InChI=1S/C3H5NO.ClH/c5-3-1-4-2-3;/h1,4-5H,2H2;1H. The van der Waals surface area contributed by atoms with Gasteiger partial charge in [-0.25, -0.2) is 0 Å². The zero-order chi connectivity index (χ0) is 3.70. The molecule has 1 aliphatic heterocycles. The predicted molar refractivity (Wildman–Crippen MR) is 26.0 cm³/mol. The van der Waals surface area contributed by atoms with Crippen molar-refractivity contribution in [1.82, 2.24) is 5.32 Å². The molecule has 3 heteroatoms. The van der Waals surface area contributed by atoms with Crippen LogP contribution in [0.5, 0.6) is 0 Å². The van der Waals surface area contributed by atoms with E-state index in [4.69, 9.17) is 5.11 Å². The normalized spacial score (nSPS) is 15.7. The van der Waals surface area contributed by atoms with Crippen LogP contribution in [0.25, 0.3) is 0 Å². The van der Waals surface area contributed by atoms with E-state index in [0.29, 0.717) is 12.3 Å². The zero-order valence-electron chi connectivity index (χ0n) is 3.14. The van der Waals surface area contributed by atoms with Gasteiger partial charge in [-0.1, -0.05) is 0 Å². The average Bonchev–Trinajstić information content (AvgIpc) is 1.30. The lowest BCUT2D eigenvalue weighted by molar-refractivity contribution is 0.366. The molecule has 2 N–H and O–H groups in total. The Morgan fingerprint density at radius 3 is 2.17 bits per heavy atom. The molecule has 0 spiro atoms. The topological polar surface area (TPSA) is 32.3 Å². The summed E-state index contributed by atoms with van der Waals surface area (Å²) in [6.07, 6.45) is 1.57. The number of aliphatic hydroxyl groups is 1. The molecule has 0 aromatic rings. The fourth-order valence-electron chi connectivity index (χ4n) is 0.193. The maximum Gasteiger partial charge on any atom is 0.127 e. The summed E-state index contributed by atoms with van der Waals surface area (Å²) < 4.78 is 0. The van der Waals surface area contributed by atoms with Crippen LogP contribution in [0.4, 0.5) is 0 Å². The molecule has 0 aromatic carbocycles. The first-order valence-electron chi connectivity index (χ1n) is 1.51. The first kappa shape index (κ1) is 5.63. The third-order valence-corrected chi connectivity index (χ3v) is 0.552. The van der Waals surface area contributed by atoms with E-state index in [1.165, 1.54) is 0 Å². The number of hydrogen-bond acceptors (Lipinski definition) is 2. The van der Waals surface area contributed by atoms with Crippen LogP contribution >= 0.6 is 12.4 Å². The summed E-state index contributed by atoms with van der Waals surface area (Å²) in [5.41, 5.74) is 0. The Hall–Kier alpha value is -0.370. The fourth-order valence-corrected chi connectivity index (χ4v) is 0.193. The first-order chi connectivity index (χ1) is 2.39. The van der Waals surface area contributed by atoms with Crippen LogP contribution in [-0.2, 0) is 0 Å². The summed E-state index contributed by atoms with van der Waals surface area (Å²) >= 11 is 0. The molecule has 1 heterocycles. The third kappa shape index (κ3) is 0.792. The van der Waals surface area contributed by atoms with Crippen molar-refractivity contribution < 1.29 is 5.11 Å². The molecule has 0 radical (unpaired) electrons. The Labute approximate surface area is 42.3 Å². The van der Waals surface area contributed by atoms with Crippen molar-refractivity contribution in [3.8, 4) is 0 Å². The van der Waals surface area contributed by atoms with Crippen molar-refractivity contribution in [1.29, 1.82) is 0 Å². The Balaban J connectivity index is 0.000000250. The molecule has 0 fully saturated rings. The Kier molecular flexibility index (Phi) is 1.81. The van der Waals surface area contributed by atoms with Gasteiger partial charge in [0.1, 0.15) is 5.76 Å². The molecule has 0 aromatic heterocycles. The van der Waals surface area contributed by atoms with E-state index in [9.17, 15) is 0 Å². The van der Waals surface area contributed by atoms with Gasteiger partial charge in [0.25, 0.3) is 0 Å². The number of aliphatic hydroxyl groups excluding tert-OH is 1. The molecule has 0 unspecified atom stereocenters. The summed E-state index contributed by atoms with van der Waals surface area (Å²) in [7, 11) is 0. The quantitative estimate of drug-likeness (QED) is 0.470. The van der Waals surface area contributed by atoms with Crippen molar-refractivity contribution >= 4 is 12.4 Å². The van der Waals surface area contributed by atoms with E-state index in [1.54, 1.807) is 6.20 Å². The zero-order valence-corrected chi connectivity index (χ0v) is 3.96. The van der Waals surface area contributed by atoms with E-state index >= 15 is 0 Å². The molecule has 36 valence electrons. The Morgan fingerprint density at radius 1 is 1.83 bits per heavy atom. The van der Waals surface area contributed by atoms with Gasteiger partial charge >= 0.3 is 0 Å². The highest BCUT2D eigenvalue weighted by Crippen LogP contribution is 1.89. The van der Waals surface area contributed by atoms with E-state index in [2.05, 4.69) is 5.32 Å². The smallest absolute Gasteiger partial charge is 0.127 e. The van der Waals surface area contributed by atoms with Gasteiger partial charge in [-0.2, -0.15) is 0 Å². The molecule has 0 atom stereocenters. The molecule has 2 nitrogen and oxygen atoms in total.